The van der Waals surface area contributed by atoms with Gasteiger partial charge in [0, 0.05) is 18.0 Å². The molecule has 1 N–H and O–H groups in total. The zero-order valence-electron chi connectivity index (χ0n) is 12.5. The van der Waals surface area contributed by atoms with Crippen molar-refractivity contribution in [3.05, 3.63) is 60.2 Å². The Labute approximate surface area is 130 Å². The van der Waals surface area contributed by atoms with Gasteiger partial charge in [0.1, 0.15) is 11.5 Å². The predicted octanol–water partition coefficient (Wildman–Crippen LogP) is 2.75. The average Bonchev–Trinajstić information content (AvgIpc) is 2.97. The van der Waals surface area contributed by atoms with Crippen LogP contribution in [0.25, 0.3) is 0 Å². The lowest BCUT2D eigenvalue weighted by Gasteiger charge is -2.16. The van der Waals surface area contributed by atoms with Gasteiger partial charge in [-0.2, -0.15) is 0 Å². The van der Waals surface area contributed by atoms with Crippen molar-refractivity contribution >= 4 is 5.91 Å². The number of benzene rings is 2. The fraction of sp³-hybridized carbons (Fsp3) is 0.278. The Balaban J connectivity index is 1.52. The van der Waals surface area contributed by atoms with Gasteiger partial charge in [-0.15, -0.1) is 0 Å². The molecule has 1 aliphatic rings. The molecule has 0 unspecified atom stereocenters. The first-order chi connectivity index (χ1) is 10.7. The van der Waals surface area contributed by atoms with E-state index >= 15 is 0 Å². The topological polar surface area (TPSA) is 47.6 Å². The normalized spacial score (nSPS) is 17.2. The van der Waals surface area contributed by atoms with Gasteiger partial charge >= 0.3 is 0 Å². The molecule has 2 atom stereocenters. The monoisotopic (exact) mass is 297 g/mol. The van der Waals surface area contributed by atoms with E-state index in [0.29, 0.717) is 18.9 Å². The van der Waals surface area contributed by atoms with Crippen LogP contribution in [-0.2, 0) is 4.79 Å². The Morgan fingerprint density at radius 1 is 1.23 bits per heavy atom. The van der Waals surface area contributed by atoms with E-state index in [1.807, 2.05) is 54.6 Å². The summed E-state index contributed by atoms with van der Waals surface area (Å²) in [5.41, 5.74) is 1.15. The second-order valence-corrected chi connectivity index (χ2v) is 5.36. The van der Waals surface area contributed by atoms with Crippen molar-refractivity contribution < 1.29 is 14.3 Å². The van der Waals surface area contributed by atoms with Crippen LogP contribution >= 0.6 is 0 Å². The van der Waals surface area contributed by atoms with Gasteiger partial charge in [-0.1, -0.05) is 36.4 Å². The molecule has 2 aromatic rings. The molecule has 0 aliphatic carbocycles. The van der Waals surface area contributed by atoms with Crippen molar-refractivity contribution in [1.29, 1.82) is 0 Å². The van der Waals surface area contributed by atoms with Crippen molar-refractivity contribution in [2.45, 2.75) is 18.9 Å². The molecule has 0 saturated heterocycles. The van der Waals surface area contributed by atoms with Gasteiger partial charge in [-0.3, -0.25) is 4.79 Å². The minimum atomic E-state index is -0.528. The smallest absolute Gasteiger partial charge is 0.260 e. The Hall–Kier alpha value is -2.49. The summed E-state index contributed by atoms with van der Waals surface area (Å²) in [7, 11) is 0. The van der Waals surface area contributed by atoms with Crippen LogP contribution in [0.4, 0.5) is 0 Å². The van der Waals surface area contributed by atoms with Crippen LogP contribution in [0.15, 0.2) is 54.6 Å². The summed E-state index contributed by atoms with van der Waals surface area (Å²) in [6, 6.07) is 17.3. The summed E-state index contributed by atoms with van der Waals surface area (Å²) in [5, 5.41) is 2.94. The molecule has 2 aromatic carbocycles. The summed E-state index contributed by atoms with van der Waals surface area (Å²) in [6.07, 6.45) is -0.528. The van der Waals surface area contributed by atoms with Gasteiger partial charge in [0.15, 0.2) is 6.10 Å². The third kappa shape index (κ3) is 3.22. The second-order valence-electron chi connectivity index (χ2n) is 5.36. The van der Waals surface area contributed by atoms with Crippen LogP contribution in [-0.4, -0.2) is 25.2 Å². The molecule has 114 valence electrons. The Morgan fingerprint density at radius 3 is 2.77 bits per heavy atom. The molecule has 0 saturated carbocycles. The first-order valence-electron chi connectivity index (χ1n) is 7.45. The maximum absolute atomic E-state index is 12.1. The molecule has 22 heavy (non-hydrogen) atoms. The largest absolute Gasteiger partial charge is 0.493 e. The highest BCUT2D eigenvalue weighted by Crippen LogP contribution is 2.32. The van der Waals surface area contributed by atoms with Crippen molar-refractivity contribution in [2.75, 3.05) is 13.2 Å². The van der Waals surface area contributed by atoms with Crippen molar-refractivity contribution in [2.24, 2.45) is 0 Å². The number of para-hydroxylation sites is 2. The van der Waals surface area contributed by atoms with Crippen LogP contribution in [0.5, 0.6) is 11.5 Å². The number of fused-ring (bicyclic) bond motifs is 1. The minimum Gasteiger partial charge on any atom is -0.493 e. The molecule has 0 spiro atoms. The number of hydrogen-bond donors (Lipinski definition) is 1. The third-order valence-corrected chi connectivity index (χ3v) is 3.75. The molecule has 3 rings (SSSR count). The minimum absolute atomic E-state index is 0.117. The summed E-state index contributed by atoms with van der Waals surface area (Å²) < 4.78 is 11.2. The first kappa shape index (κ1) is 14.4. The lowest BCUT2D eigenvalue weighted by Crippen LogP contribution is -2.38. The number of carbonyl (C=O) groups excluding carboxylic acids is 1. The molecule has 1 aliphatic heterocycles. The van der Waals surface area contributed by atoms with E-state index in [1.54, 1.807) is 6.92 Å². The van der Waals surface area contributed by atoms with E-state index in [1.165, 1.54) is 0 Å². The summed E-state index contributed by atoms with van der Waals surface area (Å²) in [5.74, 6) is 1.69. The SMILES string of the molecule is C[C@H](Oc1ccccc1)C(=O)NC[C@H]1COc2ccccc21. The van der Waals surface area contributed by atoms with E-state index in [0.717, 1.165) is 11.3 Å². The zero-order chi connectivity index (χ0) is 15.4. The highest BCUT2D eigenvalue weighted by Gasteiger charge is 2.25. The molecular weight excluding hydrogens is 278 g/mol. The van der Waals surface area contributed by atoms with Crippen LogP contribution in [0.2, 0.25) is 0 Å². The summed E-state index contributed by atoms with van der Waals surface area (Å²) >= 11 is 0. The fourth-order valence-corrected chi connectivity index (χ4v) is 2.52. The van der Waals surface area contributed by atoms with Gasteiger partial charge in [0.2, 0.25) is 0 Å². The van der Waals surface area contributed by atoms with Crippen molar-refractivity contribution in [3.8, 4) is 11.5 Å². The van der Waals surface area contributed by atoms with E-state index in [-0.39, 0.29) is 11.8 Å². The molecule has 0 bridgehead atoms. The summed E-state index contributed by atoms with van der Waals surface area (Å²) in [6.45, 7) is 2.91. The van der Waals surface area contributed by atoms with E-state index < -0.39 is 6.10 Å². The van der Waals surface area contributed by atoms with Gasteiger partial charge in [-0.25, -0.2) is 0 Å². The number of hydrogen-bond acceptors (Lipinski definition) is 3. The molecule has 0 aromatic heterocycles. The van der Waals surface area contributed by atoms with Gasteiger partial charge in [0.25, 0.3) is 5.91 Å². The van der Waals surface area contributed by atoms with Crippen molar-refractivity contribution in [3.63, 3.8) is 0 Å². The molecule has 4 nitrogen and oxygen atoms in total. The molecule has 1 heterocycles. The van der Waals surface area contributed by atoms with Crippen LogP contribution < -0.4 is 14.8 Å². The Kier molecular flexibility index (Phi) is 4.28. The van der Waals surface area contributed by atoms with Gasteiger partial charge in [0.05, 0.1) is 6.61 Å². The average molecular weight is 297 g/mol. The maximum Gasteiger partial charge on any atom is 0.260 e. The highest BCUT2D eigenvalue weighted by atomic mass is 16.5. The Morgan fingerprint density at radius 2 is 1.95 bits per heavy atom. The first-order valence-corrected chi connectivity index (χ1v) is 7.45. The van der Waals surface area contributed by atoms with Gasteiger partial charge in [-0.05, 0) is 25.1 Å². The predicted molar refractivity (Wildman–Crippen MR) is 84.2 cm³/mol. The lowest BCUT2D eigenvalue weighted by molar-refractivity contribution is -0.127. The molecule has 0 radical (unpaired) electrons. The Bertz CT molecular complexity index is 642. The van der Waals surface area contributed by atoms with Crippen LogP contribution in [0.3, 0.4) is 0 Å². The molecular formula is C18H19NO3. The van der Waals surface area contributed by atoms with E-state index in [2.05, 4.69) is 5.32 Å². The number of carbonyl (C=O) groups is 1. The number of ether oxygens (including phenoxy) is 2. The molecule has 1 amide bonds. The van der Waals surface area contributed by atoms with E-state index in [9.17, 15) is 4.79 Å². The molecule has 0 fully saturated rings. The highest BCUT2D eigenvalue weighted by molar-refractivity contribution is 5.80. The van der Waals surface area contributed by atoms with Crippen LogP contribution in [0, 0.1) is 0 Å². The number of nitrogens with one attached hydrogen (secondary N) is 1. The quantitative estimate of drug-likeness (QED) is 0.923. The zero-order valence-corrected chi connectivity index (χ0v) is 12.5. The van der Waals surface area contributed by atoms with Crippen molar-refractivity contribution in [1.82, 2.24) is 5.32 Å². The second kappa shape index (κ2) is 6.52. The summed E-state index contributed by atoms with van der Waals surface area (Å²) in [4.78, 5) is 12.1. The van der Waals surface area contributed by atoms with Gasteiger partial charge < -0.3 is 14.8 Å². The number of rotatable bonds is 5. The lowest BCUT2D eigenvalue weighted by atomic mass is 10.0. The standard InChI is InChI=1S/C18H19NO3/c1-13(22-15-7-3-2-4-8-15)18(20)19-11-14-12-21-17-10-6-5-9-16(14)17/h2-10,13-14H,11-12H2,1H3,(H,19,20)/t13-,14-/m0/s1. The van der Waals surface area contributed by atoms with E-state index in [4.69, 9.17) is 9.47 Å². The fourth-order valence-electron chi connectivity index (χ4n) is 2.52. The number of amides is 1. The molecule has 4 heteroatoms. The maximum atomic E-state index is 12.1. The van der Waals surface area contributed by atoms with Crippen LogP contribution in [0.1, 0.15) is 18.4 Å². The third-order valence-electron chi connectivity index (χ3n) is 3.75.